The molecule has 0 bridgehead atoms. The normalized spacial score (nSPS) is 15.5. The number of thiocarbonyl (C=S) groups is 1. The van der Waals surface area contributed by atoms with Gasteiger partial charge in [-0.1, -0.05) is 6.07 Å². The maximum atomic E-state index is 13.4. The molecule has 1 aliphatic heterocycles. The van der Waals surface area contributed by atoms with E-state index >= 15 is 0 Å². The van der Waals surface area contributed by atoms with Crippen molar-refractivity contribution in [2.45, 2.75) is 13.0 Å². The van der Waals surface area contributed by atoms with Crippen molar-refractivity contribution in [2.75, 3.05) is 33.8 Å². The second-order valence-electron chi connectivity index (χ2n) is 6.70. The molecule has 0 aliphatic carbocycles. The Labute approximate surface area is 186 Å². The molecule has 0 aromatic heterocycles. The van der Waals surface area contributed by atoms with Gasteiger partial charge in [-0.15, -0.1) is 0 Å². The van der Waals surface area contributed by atoms with Gasteiger partial charge in [0.2, 0.25) is 0 Å². The molecule has 1 aliphatic rings. The van der Waals surface area contributed by atoms with Crippen molar-refractivity contribution in [2.24, 2.45) is 0 Å². The fourth-order valence-electron chi connectivity index (χ4n) is 3.38. The molecule has 8 nitrogen and oxygen atoms in total. The van der Waals surface area contributed by atoms with Gasteiger partial charge in [0, 0.05) is 11.8 Å². The molecule has 0 radical (unpaired) electrons. The number of rotatable bonds is 7. The van der Waals surface area contributed by atoms with Gasteiger partial charge in [0.1, 0.15) is 11.5 Å². The highest BCUT2D eigenvalue weighted by molar-refractivity contribution is 7.80. The zero-order valence-electron chi connectivity index (χ0n) is 18.0. The lowest BCUT2D eigenvalue weighted by Gasteiger charge is -2.30. The molecule has 0 fully saturated rings. The average Bonchev–Trinajstić information content (AvgIpc) is 2.77. The van der Waals surface area contributed by atoms with E-state index in [0.29, 0.717) is 45.1 Å². The fraction of sp³-hybridized carbons (Fsp3) is 0.273. The van der Waals surface area contributed by atoms with Crippen molar-refractivity contribution in [3.05, 3.63) is 53.2 Å². The van der Waals surface area contributed by atoms with Gasteiger partial charge in [-0.05, 0) is 49.0 Å². The number of nitrogens with one attached hydrogen (secondary N) is 3. The van der Waals surface area contributed by atoms with Crippen LogP contribution in [0.1, 0.15) is 18.5 Å². The number of benzene rings is 2. The number of amides is 1. The summed E-state index contributed by atoms with van der Waals surface area (Å²) in [7, 11) is 6.23. The number of ether oxygens (including phenoxy) is 4. The minimum absolute atomic E-state index is 0.314. The van der Waals surface area contributed by atoms with E-state index in [1.165, 1.54) is 7.11 Å². The first-order chi connectivity index (χ1) is 14.9. The van der Waals surface area contributed by atoms with E-state index in [4.69, 9.17) is 31.2 Å². The molecule has 1 atom stereocenters. The molecule has 0 saturated carbocycles. The van der Waals surface area contributed by atoms with Crippen LogP contribution in [0.3, 0.4) is 0 Å². The third-order valence-corrected chi connectivity index (χ3v) is 5.13. The molecule has 2 aromatic rings. The number of allylic oxidation sites excluding steroid dienone is 1. The van der Waals surface area contributed by atoms with Crippen molar-refractivity contribution in [1.29, 1.82) is 0 Å². The van der Waals surface area contributed by atoms with E-state index in [1.54, 1.807) is 52.5 Å². The van der Waals surface area contributed by atoms with E-state index in [2.05, 4.69) is 16.0 Å². The van der Waals surface area contributed by atoms with Crippen molar-refractivity contribution in [1.82, 2.24) is 10.6 Å². The van der Waals surface area contributed by atoms with Crippen LogP contribution in [0.25, 0.3) is 0 Å². The molecule has 1 heterocycles. The summed E-state index contributed by atoms with van der Waals surface area (Å²) < 4.78 is 21.4. The van der Waals surface area contributed by atoms with Crippen molar-refractivity contribution in [3.63, 3.8) is 0 Å². The zero-order chi connectivity index (χ0) is 22.5. The molecule has 3 N–H and O–H groups in total. The average molecular weight is 444 g/mol. The van der Waals surface area contributed by atoms with Crippen molar-refractivity contribution >= 4 is 28.9 Å². The van der Waals surface area contributed by atoms with Crippen LogP contribution in [-0.2, 0) is 4.79 Å². The maximum Gasteiger partial charge on any atom is 0.255 e. The first kappa shape index (κ1) is 22.2. The summed E-state index contributed by atoms with van der Waals surface area (Å²) in [6.45, 7) is 1.80. The Kier molecular flexibility index (Phi) is 6.86. The summed E-state index contributed by atoms with van der Waals surface area (Å²) in [6.07, 6.45) is 0. The van der Waals surface area contributed by atoms with Gasteiger partial charge in [-0.2, -0.15) is 0 Å². The summed E-state index contributed by atoms with van der Waals surface area (Å²) in [5, 5.41) is 9.54. The van der Waals surface area contributed by atoms with E-state index in [1.807, 2.05) is 12.1 Å². The van der Waals surface area contributed by atoms with E-state index in [9.17, 15) is 4.79 Å². The van der Waals surface area contributed by atoms with Crippen LogP contribution in [-0.4, -0.2) is 39.5 Å². The number of hydrogen-bond acceptors (Lipinski definition) is 6. The van der Waals surface area contributed by atoms with Gasteiger partial charge in [-0.3, -0.25) is 4.79 Å². The van der Waals surface area contributed by atoms with Crippen molar-refractivity contribution in [3.8, 4) is 23.0 Å². The van der Waals surface area contributed by atoms with Gasteiger partial charge in [0.05, 0.1) is 45.7 Å². The number of carbonyl (C=O) groups excluding carboxylic acids is 1. The van der Waals surface area contributed by atoms with Crippen molar-refractivity contribution < 1.29 is 23.7 Å². The van der Waals surface area contributed by atoms with Crippen LogP contribution in [0.2, 0.25) is 0 Å². The predicted molar refractivity (Wildman–Crippen MR) is 122 cm³/mol. The van der Waals surface area contributed by atoms with Crippen LogP contribution in [0.4, 0.5) is 5.69 Å². The Morgan fingerprint density at radius 2 is 1.61 bits per heavy atom. The zero-order valence-corrected chi connectivity index (χ0v) is 18.8. The van der Waals surface area contributed by atoms with E-state index in [0.717, 1.165) is 5.56 Å². The number of methoxy groups -OCH3 is 4. The minimum atomic E-state index is -0.495. The smallest absolute Gasteiger partial charge is 0.255 e. The lowest BCUT2D eigenvalue weighted by molar-refractivity contribution is -0.113. The lowest BCUT2D eigenvalue weighted by Crippen LogP contribution is -2.45. The Balaban J connectivity index is 2.00. The summed E-state index contributed by atoms with van der Waals surface area (Å²) >= 11 is 5.33. The molecule has 9 heteroatoms. The van der Waals surface area contributed by atoms with Gasteiger partial charge in [-0.25, -0.2) is 0 Å². The third-order valence-electron chi connectivity index (χ3n) is 4.91. The molecule has 31 heavy (non-hydrogen) atoms. The highest BCUT2D eigenvalue weighted by Gasteiger charge is 2.31. The Morgan fingerprint density at radius 1 is 0.935 bits per heavy atom. The minimum Gasteiger partial charge on any atom is -0.497 e. The maximum absolute atomic E-state index is 13.4. The molecule has 164 valence electrons. The Bertz CT molecular complexity index is 1040. The highest BCUT2D eigenvalue weighted by atomic mass is 32.1. The first-order valence-electron chi connectivity index (χ1n) is 9.45. The van der Waals surface area contributed by atoms with Gasteiger partial charge >= 0.3 is 0 Å². The topological polar surface area (TPSA) is 90.1 Å². The van der Waals surface area contributed by atoms with Crippen LogP contribution in [0.15, 0.2) is 47.7 Å². The molecule has 0 unspecified atom stereocenters. The lowest BCUT2D eigenvalue weighted by atomic mass is 9.94. The fourth-order valence-corrected chi connectivity index (χ4v) is 3.65. The predicted octanol–water partition coefficient (Wildman–Crippen LogP) is 3.15. The quantitative estimate of drug-likeness (QED) is 0.563. The molecule has 1 amide bonds. The molecular formula is C22H25N3O5S. The second-order valence-corrected chi connectivity index (χ2v) is 7.11. The number of anilines is 1. The highest BCUT2D eigenvalue weighted by Crippen LogP contribution is 2.35. The van der Waals surface area contributed by atoms with Gasteiger partial charge in [0.15, 0.2) is 16.6 Å². The molecule has 0 saturated heterocycles. The van der Waals surface area contributed by atoms with Crippen LogP contribution < -0.4 is 34.9 Å². The largest absolute Gasteiger partial charge is 0.497 e. The number of hydrogen-bond donors (Lipinski definition) is 3. The summed E-state index contributed by atoms with van der Waals surface area (Å²) in [5.74, 6) is 1.95. The van der Waals surface area contributed by atoms with Crippen LogP contribution in [0.5, 0.6) is 23.0 Å². The molecule has 0 spiro atoms. The monoisotopic (exact) mass is 443 g/mol. The SMILES string of the molecule is COc1ccc(OC)c(NC(=O)C2=C(C)NC(=S)N[C@H]2c2ccc(OC)c(OC)c2)c1. The van der Waals surface area contributed by atoms with E-state index < -0.39 is 6.04 Å². The Hall–Kier alpha value is -3.46. The van der Waals surface area contributed by atoms with Gasteiger partial charge < -0.3 is 34.9 Å². The summed E-state index contributed by atoms with van der Waals surface area (Å²) in [5.41, 5.74) is 2.41. The van der Waals surface area contributed by atoms with Gasteiger partial charge in [0.25, 0.3) is 5.91 Å². The molecule has 3 rings (SSSR count). The molecule has 2 aromatic carbocycles. The van der Waals surface area contributed by atoms with Crippen LogP contribution in [0, 0.1) is 0 Å². The summed E-state index contributed by atoms with van der Waals surface area (Å²) in [6, 6.07) is 10.2. The molecular weight excluding hydrogens is 418 g/mol. The second kappa shape index (κ2) is 9.57. The first-order valence-corrected chi connectivity index (χ1v) is 9.86. The Morgan fingerprint density at radius 3 is 2.26 bits per heavy atom. The third kappa shape index (κ3) is 4.66. The number of carbonyl (C=O) groups is 1. The standard InChI is InChI=1S/C22H25N3O5S/c1-12-19(21(26)24-15-11-14(27-2)7-9-16(15)28-3)20(25-22(31)23-12)13-6-8-17(29-4)18(10-13)30-5/h6-11,20H,1-5H3,(H,24,26)(H2,23,25,31)/t20-/m0/s1. The van der Waals surface area contributed by atoms with E-state index in [-0.39, 0.29) is 5.91 Å². The summed E-state index contributed by atoms with van der Waals surface area (Å²) in [4.78, 5) is 13.4. The van der Waals surface area contributed by atoms with Crippen LogP contribution >= 0.6 is 12.2 Å².